The van der Waals surface area contributed by atoms with Gasteiger partial charge in [0.1, 0.15) is 11.5 Å². The van der Waals surface area contributed by atoms with Crippen molar-refractivity contribution in [3.63, 3.8) is 0 Å². The molecule has 0 saturated heterocycles. The minimum absolute atomic E-state index is 0. The third-order valence-corrected chi connectivity index (χ3v) is 2.70. The van der Waals surface area contributed by atoms with Gasteiger partial charge in [0.25, 0.3) is 0 Å². The molecule has 1 atom stereocenters. The monoisotopic (exact) mass is 423 g/mol. The number of aliphatic hydroxyl groups is 1. The zero-order chi connectivity index (χ0) is 16.0. The number of ether oxygens (including phenoxy) is 2. The molecule has 0 amide bonds. The number of nitrogens with zero attached hydrogens (tertiary/aromatic N) is 1. The summed E-state index contributed by atoms with van der Waals surface area (Å²) in [5, 5.41) is 13.2. The third-order valence-electron chi connectivity index (χ3n) is 2.70. The number of guanidine groups is 1. The van der Waals surface area contributed by atoms with E-state index in [0.29, 0.717) is 23.0 Å². The SMILES string of the molecule is COc1cc(OC)cc(C(O)CN=C(N)NC(C)(C)C)c1.I. The number of rotatable bonds is 5. The largest absolute Gasteiger partial charge is 0.497 e. The number of methoxy groups -OCH3 is 2. The molecule has 0 aliphatic heterocycles. The van der Waals surface area contributed by atoms with Crippen molar-refractivity contribution in [2.24, 2.45) is 10.7 Å². The van der Waals surface area contributed by atoms with Crippen LogP contribution in [-0.4, -0.2) is 37.4 Å². The predicted octanol–water partition coefficient (Wildman–Crippen LogP) is 2.06. The number of nitrogens with two attached hydrogens (primary N) is 1. The fourth-order valence-corrected chi connectivity index (χ4v) is 1.74. The van der Waals surface area contributed by atoms with E-state index >= 15 is 0 Å². The van der Waals surface area contributed by atoms with E-state index in [0.717, 1.165) is 0 Å². The summed E-state index contributed by atoms with van der Waals surface area (Å²) >= 11 is 0. The summed E-state index contributed by atoms with van der Waals surface area (Å²) in [4.78, 5) is 4.15. The van der Waals surface area contributed by atoms with E-state index in [1.165, 1.54) is 0 Å². The van der Waals surface area contributed by atoms with Crippen LogP contribution in [0.3, 0.4) is 0 Å². The lowest BCUT2D eigenvalue weighted by atomic mass is 10.1. The Hall–Kier alpha value is -1.22. The Balaban J connectivity index is 0.00000441. The molecule has 0 radical (unpaired) electrons. The van der Waals surface area contributed by atoms with Crippen LogP contribution in [0.1, 0.15) is 32.4 Å². The lowest BCUT2D eigenvalue weighted by Gasteiger charge is -2.21. The lowest BCUT2D eigenvalue weighted by Crippen LogP contribution is -2.45. The van der Waals surface area contributed by atoms with Gasteiger partial charge >= 0.3 is 0 Å². The first-order valence-electron chi connectivity index (χ1n) is 6.74. The molecule has 1 aromatic rings. The summed E-state index contributed by atoms with van der Waals surface area (Å²) in [6.07, 6.45) is -0.783. The van der Waals surface area contributed by atoms with E-state index in [9.17, 15) is 5.11 Å². The van der Waals surface area contributed by atoms with Gasteiger partial charge in [0, 0.05) is 11.6 Å². The zero-order valence-electron chi connectivity index (χ0n) is 13.7. The normalized spacial score (nSPS) is 13.1. The lowest BCUT2D eigenvalue weighted by molar-refractivity contribution is 0.186. The molecular formula is C15H26IN3O3. The van der Waals surface area contributed by atoms with E-state index in [4.69, 9.17) is 15.2 Å². The maximum absolute atomic E-state index is 10.2. The second-order valence-electron chi connectivity index (χ2n) is 5.76. The Bertz CT molecular complexity index is 479. The number of nitrogens with one attached hydrogen (secondary N) is 1. The average Bonchev–Trinajstić information content (AvgIpc) is 2.42. The molecule has 1 rings (SSSR count). The van der Waals surface area contributed by atoms with Gasteiger partial charge in [-0.05, 0) is 38.5 Å². The van der Waals surface area contributed by atoms with Crippen LogP contribution in [0.2, 0.25) is 0 Å². The second kappa shape index (κ2) is 9.04. The molecule has 7 heteroatoms. The summed E-state index contributed by atoms with van der Waals surface area (Å²) in [5.74, 6) is 1.54. The number of benzene rings is 1. The third kappa shape index (κ3) is 7.17. The van der Waals surface area contributed by atoms with E-state index in [-0.39, 0.29) is 36.1 Å². The Kier molecular flexibility index (Phi) is 8.54. The Morgan fingerprint density at radius 1 is 1.23 bits per heavy atom. The summed E-state index contributed by atoms with van der Waals surface area (Å²) in [5.41, 5.74) is 6.27. The first kappa shape index (κ1) is 20.8. The summed E-state index contributed by atoms with van der Waals surface area (Å²) in [7, 11) is 3.13. The van der Waals surface area contributed by atoms with Crippen LogP contribution in [0.5, 0.6) is 11.5 Å². The molecule has 22 heavy (non-hydrogen) atoms. The van der Waals surface area contributed by atoms with Crippen LogP contribution >= 0.6 is 24.0 Å². The van der Waals surface area contributed by atoms with Crippen molar-refractivity contribution in [3.8, 4) is 11.5 Å². The fourth-order valence-electron chi connectivity index (χ4n) is 1.74. The molecule has 0 heterocycles. The van der Waals surface area contributed by atoms with Gasteiger partial charge < -0.3 is 25.6 Å². The number of aliphatic imine (C=N–C) groups is 1. The van der Waals surface area contributed by atoms with Gasteiger partial charge in [-0.2, -0.15) is 0 Å². The Morgan fingerprint density at radius 3 is 2.14 bits per heavy atom. The highest BCUT2D eigenvalue weighted by molar-refractivity contribution is 14.0. The van der Waals surface area contributed by atoms with Crippen molar-refractivity contribution in [3.05, 3.63) is 23.8 Å². The van der Waals surface area contributed by atoms with Gasteiger partial charge in [0.2, 0.25) is 0 Å². The van der Waals surface area contributed by atoms with Crippen molar-refractivity contribution < 1.29 is 14.6 Å². The van der Waals surface area contributed by atoms with Crippen LogP contribution in [0.15, 0.2) is 23.2 Å². The van der Waals surface area contributed by atoms with Crippen molar-refractivity contribution in [2.45, 2.75) is 32.4 Å². The summed E-state index contributed by atoms with van der Waals surface area (Å²) in [6.45, 7) is 6.11. The highest BCUT2D eigenvalue weighted by Crippen LogP contribution is 2.26. The average molecular weight is 423 g/mol. The predicted molar refractivity (Wildman–Crippen MR) is 99.3 cm³/mol. The maximum Gasteiger partial charge on any atom is 0.189 e. The summed E-state index contributed by atoms with van der Waals surface area (Å²) in [6, 6.07) is 5.24. The molecule has 0 bridgehead atoms. The minimum Gasteiger partial charge on any atom is -0.497 e. The van der Waals surface area contributed by atoms with Crippen molar-refractivity contribution in [2.75, 3.05) is 20.8 Å². The van der Waals surface area contributed by atoms with Crippen molar-refractivity contribution in [1.29, 1.82) is 0 Å². The van der Waals surface area contributed by atoms with E-state index < -0.39 is 6.10 Å². The highest BCUT2D eigenvalue weighted by atomic mass is 127. The molecular weight excluding hydrogens is 397 g/mol. The quantitative estimate of drug-likeness (QED) is 0.383. The van der Waals surface area contributed by atoms with Crippen LogP contribution in [0, 0.1) is 0 Å². The standard InChI is InChI=1S/C15H25N3O3.HI/c1-15(2,3)18-14(16)17-9-13(19)10-6-11(20-4)8-12(7-10)21-5;/h6-8,13,19H,9H2,1-5H3,(H3,16,17,18);1H. The summed E-state index contributed by atoms with van der Waals surface area (Å²) < 4.78 is 10.3. The first-order chi connectivity index (χ1) is 9.75. The van der Waals surface area contributed by atoms with Gasteiger partial charge in [0.05, 0.1) is 26.9 Å². The molecule has 0 aromatic heterocycles. The van der Waals surface area contributed by atoms with Crippen molar-refractivity contribution in [1.82, 2.24) is 5.32 Å². The Labute approximate surface area is 149 Å². The zero-order valence-corrected chi connectivity index (χ0v) is 16.0. The maximum atomic E-state index is 10.2. The van der Waals surface area contributed by atoms with Crippen LogP contribution in [0.25, 0.3) is 0 Å². The first-order valence-corrected chi connectivity index (χ1v) is 6.74. The second-order valence-corrected chi connectivity index (χ2v) is 5.76. The number of hydrogen-bond acceptors (Lipinski definition) is 4. The molecule has 6 nitrogen and oxygen atoms in total. The molecule has 126 valence electrons. The van der Waals surface area contributed by atoms with Crippen LogP contribution < -0.4 is 20.5 Å². The number of hydrogen-bond donors (Lipinski definition) is 3. The van der Waals surface area contributed by atoms with Gasteiger partial charge in [-0.15, -0.1) is 24.0 Å². The minimum atomic E-state index is -0.783. The molecule has 0 fully saturated rings. The van der Waals surface area contributed by atoms with E-state index in [1.807, 2.05) is 20.8 Å². The molecule has 0 aliphatic rings. The topological polar surface area (TPSA) is 89.1 Å². The smallest absolute Gasteiger partial charge is 0.189 e. The van der Waals surface area contributed by atoms with Gasteiger partial charge in [-0.25, -0.2) is 0 Å². The van der Waals surface area contributed by atoms with Gasteiger partial charge in [-0.3, -0.25) is 4.99 Å². The fraction of sp³-hybridized carbons (Fsp3) is 0.533. The van der Waals surface area contributed by atoms with E-state index in [1.54, 1.807) is 32.4 Å². The molecule has 0 aliphatic carbocycles. The molecule has 0 saturated carbocycles. The Morgan fingerprint density at radius 2 is 1.73 bits per heavy atom. The highest BCUT2D eigenvalue weighted by Gasteiger charge is 2.13. The van der Waals surface area contributed by atoms with Gasteiger partial charge in [0.15, 0.2) is 5.96 Å². The number of halogens is 1. The van der Waals surface area contributed by atoms with Gasteiger partial charge in [-0.1, -0.05) is 0 Å². The molecule has 4 N–H and O–H groups in total. The molecule has 1 unspecified atom stereocenters. The number of aliphatic hydroxyl groups excluding tert-OH is 1. The van der Waals surface area contributed by atoms with Crippen LogP contribution in [0.4, 0.5) is 0 Å². The van der Waals surface area contributed by atoms with Crippen molar-refractivity contribution >= 4 is 29.9 Å². The van der Waals surface area contributed by atoms with E-state index in [2.05, 4.69) is 10.3 Å². The molecule has 1 aromatic carbocycles. The van der Waals surface area contributed by atoms with Crippen LogP contribution in [-0.2, 0) is 0 Å². The molecule has 0 spiro atoms.